The van der Waals surface area contributed by atoms with Crippen LogP contribution >= 0.6 is 12.2 Å². The van der Waals surface area contributed by atoms with Gasteiger partial charge in [-0.15, -0.1) is 5.10 Å². The van der Waals surface area contributed by atoms with E-state index in [9.17, 15) is 8.42 Å². The van der Waals surface area contributed by atoms with Crippen LogP contribution in [0.25, 0.3) is 5.69 Å². The smallest absolute Gasteiger partial charge is 0.238 e. The third kappa shape index (κ3) is 3.88. The maximum Gasteiger partial charge on any atom is 0.238 e. The second kappa shape index (κ2) is 6.40. The first-order valence-corrected chi connectivity index (χ1v) is 8.31. The molecule has 2 aromatic rings. The number of rotatable bonds is 4. The fourth-order valence-corrected chi connectivity index (χ4v) is 2.44. The van der Waals surface area contributed by atoms with Crippen LogP contribution in [0.5, 0.6) is 0 Å². The summed E-state index contributed by atoms with van der Waals surface area (Å²) >= 11 is 4.68. The largest absolute Gasteiger partial charge is 0.375 e. The van der Waals surface area contributed by atoms with Crippen LogP contribution in [0.2, 0.25) is 0 Å². The molecule has 0 atom stereocenters. The van der Waals surface area contributed by atoms with Crippen LogP contribution in [0.15, 0.2) is 34.3 Å². The number of benzene rings is 1. The number of hydrogen-bond donors (Lipinski definition) is 3. The Bertz CT molecular complexity index is 869. The molecule has 0 bridgehead atoms. The summed E-state index contributed by atoms with van der Waals surface area (Å²) in [6, 6.07) is 5.98. The lowest BCUT2D eigenvalue weighted by atomic mass is 10.2. The van der Waals surface area contributed by atoms with Crippen molar-refractivity contribution in [2.24, 2.45) is 16.0 Å². The second-order valence-electron chi connectivity index (χ2n) is 4.65. The molecule has 1 heterocycles. The van der Waals surface area contributed by atoms with Gasteiger partial charge in [0.25, 0.3) is 0 Å². The third-order valence-corrected chi connectivity index (χ3v) is 4.00. The summed E-state index contributed by atoms with van der Waals surface area (Å²) in [4.78, 5) is 0.0256. The summed E-state index contributed by atoms with van der Waals surface area (Å²) in [6.45, 7) is 3.54. The van der Waals surface area contributed by atoms with Gasteiger partial charge in [-0.1, -0.05) is 5.21 Å². The first kappa shape index (κ1) is 17.0. The lowest BCUT2D eigenvalue weighted by molar-refractivity contribution is 0.598. The van der Waals surface area contributed by atoms with Gasteiger partial charge in [-0.2, -0.15) is 5.10 Å². The number of hydrogen-bond acceptors (Lipinski definition) is 6. The normalized spacial score (nSPS) is 12.2. The summed E-state index contributed by atoms with van der Waals surface area (Å²) in [5.41, 5.74) is 10.3. The van der Waals surface area contributed by atoms with E-state index >= 15 is 0 Å². The van der Waals surface area contributed by atoms with Gasteiger partial charge >= 0.3 is 0 Å². The predicted octanol–water partition coefficient (Wildman–Crippen LogP) is -0.220. The highest BCUT2D eigenvalue weighted by Gasteiger charge is 2.14. The van der Waals surface area contributed by atoms with E-state index in [0.29, 0.717) is 17.1 Å². The van der Waals surface area contributed by atoms with Gasteiger partial charge in [0.2, 0.25) is 10.0 Å². The molecule has 0 unspecified atom stereocenters. The molecule has 0 amide bonds. The fourth-order valence-electron chi connectivity index (χ4n) is 1.88. The van der Waals surface area contributed by atoms with Crippen molar-refractivity contribution in [1.29, 1.82) is 0 Å². The van der Waals surface area contributed by atoms with Gasteiger partial charge in [-0.05, 0) is 50.3 Å². The molecule has 0 aliphatic heterocycles. The summed E-state index contributed by atoms with van der Waals surface area (Å²) in [5, 5.41) is 17.2. The average molecular weight is 353 g/mol. The molecule has 0 radical (unpaired) electrons. The Morgan fingerprint density at radius 2 is 1.96 bits per heavy atom. The number of hydrazone groups is 1. The van der Waals surface area contributed by atoms with Gasteiger partial charge in [0.05, 0.1) is 22.0 Å². The molecule has 2 rings (SSSR count). The molecule has 9 nitrogen and oxygen atoms in total. The molecule has 0 aliphatic rings. The Morgan fingerprint density at radius 3 is 2.48 bits per heavy atom. The van der Waals surface area contributed by atoms with Crippen molar-refractivity contribution in [3.63, 3.8) is 0 Å². The van der Waals surface area contributed by atoms with E-state index in [2.05, 4.69) is 33.1 Å². The van der Waals surface area contributed by atoms with Crippen LogP contribution < -0.4 is 16.3 Å². The molecule has 5 N–H and O–H groups in total. The van der Waals surface area contributed by atoms with E-state index in [1.165, 1.54) is 12.1 Å². The number of primary sulfonamides is 1. The third-order valence-electron chi connectivity index (χ3n) is 2.98. The van der Waals surface area contributed by atoms with E-state index < -0.39 is 10.0 Å². The van der Waals surface area contributed by atoms with Crippen molar-refractivity contribution in [3.05, 3.63) is 35.7 Å². The van der Waals surface area contributed by atoms with Crippen molar-refractivity contribution in [2.75, 3.05) is 0 Å². The highest BCUT2D eigenvalue weighted by Crippen LogP contribution is 2.15. The molecule has 1 aromatic carbocycles. The van der Waals surface area contributed by atoms with Crippen LogP contribution in [0.4, 0.5) is 0 Å². The van der Waals surface area contributed by atoms with Crippen LogP contribution in [0, 0.1) is 6.92 Å². The van der Waals surface area contributed by atoms with Gasteiger partial charge < -0.3 is 5.73 Å². The number of nitrogens with one attached hydrogen (secondary N) is 1. The summed E-state index contributed by atoms with van der Waals surface area (Å²) in [7, 11) is -3.73. The van der Waals surface area contributed by atoms with E-state index in [1.807, 2.05) is 6.92 Å². The van der Waals surface area contributed by atoms with Gasteiger partial charge in [0, 0.05) is 0 Å². The van der Waals surface area contributed by atoms with Gasteiger partial charge in [-0.3, -0.25) is 5.43 Å². The van der Waals surface area contributed by atoms with Crippen LogP contribution in [-0.4, -0.2) is 34.2 Å². The van der Waals surface area contributed by atoms with E-state index in [1.54, 1.807) is 23.7 Å². The highest BCUT2D eigenvalue weighted by atomic mass is 32.2. The van der Waals surface area contributed by atoms with E-state index in [-0.39, 0.29) is 10.0 Å². The van der Waals surface area contributed by atoms with Crippen LogP contribution in [-0.2, 0) is 10.0 Å². The summed E-state index contributed by atoms with van der Waals surface area (Å²) < 4.78 is 24.1. The number of nitrogens with two attached hydrogens (primary N) is 2. The molecular formula is C12H15N7O2S2. The van der Waals surface area contributed by atoms with Gasteiger partial charge in [0.15, 0.2) is 5.11 Å². The van der Waals surface area contributed by atoms with Crippen molar-refractivity contribution in [1.82, 2.24) is 20.4 Å². The lowest BCUT2D eigenvalue weighted by Gasteiger charge is -2.05. The topological polar surface area (TPSA) is 141 Å². The Morgan fingerprint density at radius 1 is 1.35 bits per heavy atom. The SMILES string of the molecule is C/C(=N\NC(N)=S)c1nnn(-c2ccc(S(N)(=O)=O)cc2)c1C. The number of sulfonamides is 1. The Kier molecular flexibility index (Phi) is 4.73. The molecule has 23 heavy (non-hydrogen) atoms. The quantitative estimate of drug-likeness (QED) is 0.392. The summed E-state index contributed by atoms with van der Waals surface area (Å²) in [6.07, 6.45) is 0. The van der Waals surface area contributed by atoms with Crippen molar-refractivity contribution < 1.29 is 8.42 Å². The zero-order chi connectivity index (χ0) is 17.2. The second-order valence-corrected chi connectivity index (χ2v) is 6.65. The van der Waals surface area contributed by atoms with E-state index in [4.69, 9.17) is 10.9 Å². The monoisotopic (exact) mass is 353 g/mol. The molecular weight excluding hydrogens is 338 g/mol. The minimum absolute atomic E-state index is 0.0256. The minimum Gasteiger partial charge on any atom is -0.375 e. The van der Waals surface area contributed by atoms with Crippen molar-refractivity contribution >= 4 is 33.1 Å². The van der Waals surface area contributed by atoms with E-state index in [0.717, 1.165) is 5.69 Å². The molecule has 0 spiro atoms. The predicted molar refractivity (Wildman–Crippen MR) is 89.6 cm³/mol. The average Bonchev–Trinajstić information content (AvgIpc) is 2.86. The highest BCUT2D eigenvalue weighted by molar-refractivity contribution is 7.89. The maximum atomic E-state index is 11.3. The summed E-state index contributed by atoms with van der Waals surface area (Å²) in [5.74, 6) is 0. The lowest BCUT2D eigenvalue weighted by Crippen LogP contribution is -2.25. The molecule has 122 valence electrons. The Balaban J connectivity index is 2.36. The van der Waals surface area contributed by atoms with Crippen molar-refractivity contribution in [2.45, 2.75) is 18.7 Å². The van der Waals surface area contributed by atoms with Crippen molar-refractivity contribution in [3.8, 4) is 5.69 Å². The zero-order valence-electron chi connectivity index (χ0n) is 12.4. The fraction of sp³-hybridized carbons (Fsp3) is 0.167. The van der Waals surface area contributed by atoms with Crippen LogP contribution in [0.3, 0.4) is 0 Å². The molecule has 0 saturated heterocycles. The van der Waals surface area contributed by atoms with Gasteiger partial charge in [0.1, 0.15) is 5.69 Å². The molecule has 0 fully saturated rings. The van der Waals surface area contributed by atoms with Gasteiger partial charge in [-0.25, -0.2) is 18.2 Å². The maximum absolute atomic E-state index is 11.3. The zero-order valence-corrected chi connectivity index (χ0v) is 14.0. The number of thiocarbonyl (C=S) groups is 1. The molecule has 0 saturated carbocycles. The number of nitrogens with zero attached hydrogens (tertiary/aromatic N) is 4. The number of aromatic nitrogens is 3. The van der Waals surface area contributed by atoms with Crippen LogP contribution in [0.1, 0.15) is 18.3 Å². The first-order valence-electron chi connectivity index (χ1n) is 6.36. The standard InChI is InChI=1S/C12H15N7O2S2/c1-7(15-17-12(13)22)11-8(2)19(18-16-11)9-3-5-10(6-4-9)23(14,20)21/h3-6H,1-2H3,(H3,13,17,22)(H2,14,20,21)/b15-7+. The molecule has 1 aromatic heterocycles. The Labute approximate surface area is 138 Å². The minimum atomic E-state index is -3.73. The first-order chi connectivity index (χ1) is 10.7. The molecule has 11 heteroatoms. The molecule has 0 aliphatic carbocycles. The Hall–Kier alpha value is -2.37.